The maximum atomic E-state index is 11.9. The van der Waals surface area contributed by atoms with Crippen LogP contribution in [0.4, 0.5) is 4.79 Å². The molecule has 0 bridgehead atoms. The van der Waals surface area contributed by atoms with Gasteiger partial charge in [0.1, 0.15) is 6.54 Å². The summed E-state index contributed by atoms with van der Waals surface area (Å²) in [6, 6.07) is -0.299. The Kier molecular flexibility index (Phi) is 8.66. The SMILES string of the molecule is C=CCN(CC(=O)O)C(=O)NC(C)CCCC(C)C. The number of carboxylic acid groups (broad SMARTS) is 1. The molecule has 2 N–H and O–H groups in total. The number of hydrogen-bond acceptors (Lipinski definition) is 2. The Labute approximate surface area is 115 Å². The highest BCUT2D eigenvalue weighted by atomic mass is 16.4. The lowest BCUT2D eigenvalue weighted by molar-refractivity contribution is -0.137. The second kappa shape index (κ2) is 9.42. The molecule has 0 aromatic carbocycles. The molecule has 0 rings (SSSR count). The van der Waals surface area contributed by atoms with Crippen molar-refractivity contribution in [2.75, 3.05) is 13.1 Å². The first-order chi connectivity index (χ1) is 8.86. The lowest BCUT2D eigenvalue weighted by Crippen LogP contribution is -2.46. The average Bonchev–Trinajstić information content (AvgIpc) is 2.27. The molecule has 0 radical (unpaired) electrons. The van der Waals surface area contributed by atoms with E-state index < -0.39 is 5.97 Å². The van der Waals surface area contributed by atoms with E-state index in [1.807, 2.05) is 6.92 Å². The van der Waals surface area contributed by atoms with E-state index in [9.17, 15) is 9.59 Å². The van der Waals surface area contributed by atoms with E-state index in [1.165, 1.54) is 11.0 Å². The van der Waals surface area contributed by atoms with Gasteiger partial charge in [-0.25, -0.2) is 4.79 Å². The maximum Gasteiger partial charge on any atom is 0.323 e. The minimum Gasteiger partial charge on any atom is -0.480 e. The number of aliphatic carboxylic acids is 1. The van der Waals surface area contributed by atoms with E-state index in [1.54, 1.807) is 0 Å². The summed E-state index contributed by atoms with van der Waals surface area (Å²) in [5.74, 6) is -0.364. The van der Waals surface area contributed by atoms with Gasteiger partial charge < -0.3 is 15.3 Å². The smallest absolute Gasteiger partial charge is 0.323 e. The number of carbonyl (C=O) groups excluding carboxylic acids is 1. The average molecular weight is 270 g/mol. The zero-order valence-corrected chi connectivity index (χ0v) is 12.2. The van der Waals surface area contributed by atoms with Crippen LogP contribution in [0, 0.1) is 5.92 Å². The van der Waals surface area contributed by atoms with Crippen molar-refractivity contribution in [2.45, 2.75) is 46.1 Å². The number of nitrogens with zero attached hydrogens (tertiary/aromatic N) is 1. The van der Waals surface area contributed by atoms with Gasteiger partial charge in [-0.1, -0.05) is 32.8 Å². The fourth-order valence-electron chi connectivity index (χ4n) is 1.74. The lowest BCUT2D eigenvalue weighted by Gasteiger charge is -2.22. The first-order valence-electron chi connectivity index (χ1n) is 6.75. The van der Waals surface area contributed by atoms with Crippen LogP contribution < -0.4 is 5.32 Å². The van der Waals surface area contributed by atoms with E-state index in [-0.39, 0.29) is 25.2 Å². The largest absolute Gasteiger partial charge is 0.480 e. The van der Waals surface area contributed by atoms with Crippen molar-refractivity contribution in [1.82, 2.24) is 10.2 Å². The van der Waals surface area contributed by atoms with Gasteiger partial charge in [-0.05, 0) is 19.3 Å². The predicted octanol–water partition coefficient (Wildman–Crippen LogP) is 2.48. The first kappa shape index (κ1) is 17.5. The number of rotatable bonds is 9. The zero-order valence-electron chi connectivity index (χ0n) is 12.2. The van der Waals surface area contributed by atoms with Crippen LogP contribution in [0.1, 0.15) is 40.0 Å². The molecule has 1 unspecified atom stereocenters. The zero-order chi connectivity index (χ0) is 14.8. The van der Waals surface area contributed by atoms with Crippen molar-refractivity contribution >= 4 is 12.0 Å². The standard InChI is InChI=1S/C14H26N2O3/c1-5-9-16(10-13(17)18)14(19)15-12(4)8-6-7-11(2)3/h5,11-12H,1,6-10H2,2-4H3,(H,15,19)(H,17,18). The number of urea groups is 1. The van der Waals surface area contributed by atoms with Crippen molar-refractivity contribution in [3.8, 4) is 0 Å². The van der Waals surface area contributed by atoms with Gasteiger partial charge in [-0.3, -0.25) is 4.79 Å². The van der Waals surface area contributed by atoms with E-state index in [0.717, 1.165) is 19.3 Å². The molecule has 0 aromatic rings. The van der Waals surface area contributed by atoms with Crippen molar-refractivity contribution < 1.29 is 14.7 Å². The second-order valence-electron chi connectivity index (χ2n) is 5.24. The predicted molar refractivity (Wildman–Crippen MR) is 76.1 cm³/mol. The van der Waals surface area contributed by atoms with Crippen LogP contribution in [0.3, 0.4) is 0 Å². The third-order valence-corrected chi connectivity index (χ3v) is 2.75. The third-order valence-electron chi connectivity index (χ3n) is 2.75. The van der Waals surface area contributed by atoms with Gasteiger partial charge in [0, 0.05) is 12.6 Å². The highest BCUT2D eigenvalue weighted by Gasteiger charge is 2.17. The summed E-state index contributed by atoms with van der Waals surface area (Å²) in [7, 11) is 0. The number of nitrogens with one attached hydrogen (secondary N) is 1. The summed E-state index contributed by atoms with van der Waals surface area (Å²) >= 11 is 0. The van der Waals surface area contributed by atoms with Crippen LogP contribution in [0.2, 0.25) is 0 Å². The molecule has 110 valence electrons. The molecule has 0 aromatic heterocycles. The van der Waals surface area contributed by atoms with Crippen LogP contribution in [0.5, 0.6) is 0 Å². The van der Waals surface area contributed by atoms with Crippen LogP contribution >= 0.6 is 0 Å². The van der Waals surface area contributed by atoms with Gasteiger partial charge in [0.25, 0.3) is 0 Å². The Balaban J connectivity index is 4.14. The summed E-state index contributed by atoms with van der Waals surface area (Å²) in [6.07, 6.45) is 4.61. The van der Waals surface area contributed by atoms with Gasteiger partial charge in [-0.15, -0.1) is 6.58 Å². The Morgan fingerprint density at radius 2 is 1.95 bits per heavy atom. The van der Waals surface area contributed by atoms with E-state index in [4.69, 9.17) is 5.11 Å². The van der Waals surface area contributed by atoms with E-state index >= 15 is 0 Å². The van der Waals surface area contributed by atoms with Crippen LogP contribution in [0.15, 0.2) is 12.7 Å². The fraction of sp³-hybridized carbons (Fsp3) is 0.714. The van der Waals surface area contributed by atoms with Crippen LogP contribution in [0.25, 0.3) is 0 Å². The molecule has 2 amide bonds. The first-order valence-corrected chi connectivity index (χ1v) is 6.75. The molecule has 0 aliphatic heterocycles. The molecule has 0 saturated heterocycles. The molecule has 0 saturated carbocycles. The summed E-state index contributed by atoms with van der Waals surface area (Å²) in [5.41, 5.74) is 0. The third kappa shape index (κ3) is 9.11. The summed E-state index contributed by atoms with van der Waals surface area (Å²) in [6.45, 7) is 9.72. The Bertz CT molecular complexity index is 303. The molecule has 0 aliphatic carbocycles. The molecule has 1 atom stereocenters. The molecular weight excluding hydrogens is 244 g/mol. The van der Waals surface area contributed by atoms with Crippen molar-refractivity contribution in [3.63, 3.8) is 0 Å². The molecule has 0 spiro atoms. The molecule has 0 fully saturated rings. The van der Waals surface area contributed by atoms with Gasteiger partial charge in [0.15, 0.2) is 0 Å². The quantitative estimate of drug-likeness (QED) is 0.632. The molecule has 19 heavy (non-hydrogen) atoms. The summed E-state index contributed by atoms with van der Waals surface area (Å²) < 4.78 is 0. The number of amides is 2. The van der Waals surface area contributed by atoms with E-state index in [0.29, 0.717) is 5.92 Å². The minimum absolute atomic E-state index is 0.0485. The topological polar surface area (TPSA) is 69.6 Å². The monoisotopic (exact) mass is 270 g/mol. The van der Waals surface area contributed by atoms with Gasteiger partial charge in [0.2, 0.25) is 0 Å². The van der Waals surface area contributed by atoms with Crippen LogP contribution in [-0.4, -0.2) is 41.1 Å². The normalized spacial score (nSPS) is 12.0. The molecule has 0 heterocycles. The van der Waals surface area contributed by atoms with Crippen molar-refractivity contribution in [2.24, 2.45) is 5.92 Å². The Morgan fingerprint density at radius 1 is 1.32 bits per heavy atom. The van der Waals surface area contributed by atoms with Gasteiger partial charge in [-0.2, -0.15) is 0 Å². The second-order valence-corrected chi connectivity index (χ2v) is 5.24. The molecular formula is C14H26N2O3. The lowest BCUT2D eigenvalue weighted by atomic mass is 10.0. The van der Waals surface area contributed by atoms with Gasteiger partial charge in [0.05, 0.1) is 0 Å². The molecule has 5 heteroatoms. The molecule has 5 nitrogen and oxygen atoms in total. The number of carboxylic acids is 1. The van der Waals surface area contributed by atoms with Crippen molar-refractivity contribution in [3.05, 3.63) is 12.7 Å². The fourth-order valence-corrected chi connectivity index (χ4v) is 1.74. The highest BCUT2D eigenvalue weighted by Crippen LogP contribution is 2.08. The Morgan fingerprint density at radius 3 is 2.42 bits per heavy atom. The minimum atomic E-state index is -1.02. The number of hydrogen-bond donors (Lipinski definition) is 2. The Hall–Kier alpha value is -1.52. The van der Waals surface area contributed by atoms with Crippen molar-refractivity contribution in [1.29, 1.82) is 0 Å². The molecule has 0 aliphatic rings. The summed E-state index contributed by atoms with van der Waals surface area (Å²) in [5, 5.41) is 11.6. The van der Waals surface area contributed by atoms with E-state index in [2.05, 4.69) is 25.7 Å². The van der Waals surface area contributed by atoms with Crippen LogP contribution in [-0.2, 0) is 4.79 Å². The highest BCUT2D eigenvalue weighted by molar-refractivity contribution is 5.80. The van der Waals surface area contributed by atoms with Gasteiger partial charge >= 0.3 is 12.0 Å². The number of carbonyl (C=O) groups is 2. The summed E-state index contributed by atoms with van der Waals surface area (Å²) in [4.78, 5) is 23.8. The maximum absolute atomic E-state index is 11.9.